The normalized spacial score (nSPS) is 10.1. The number of carbonyl (C=O) groups is 2. The lowest BCUT2D eigenvalue weighted by molar-refractivity contribution is 0.0685. The predicted molar refractivity (Wildman–Crippen MR) is 68.0 cm³/mol. The third-order valence-corrected chi connectivity index (χ3v) is 2.61. The predicted octanol–water partition coefficient (Wildman–Crippen LogP) is 1.08. The summed E-state index contributed by atoms with van der Waals surface area (Å²) >= 11 is 0. The number of imidazole rings is 1. The Morgan fingerprint density at radius 1 is 1.26 bits per heavy atom. The first-order valence-electron chi connectivity index (χ1n) is 5.77. The van der Waals surface area contributed by atoms with Crippen LogP contribution in [0.1, 0.15) is 26.5 Å². The maximum Gasteiger partial charge on any atom is 0.354 e. The number of carbonyl (C=O) groups excluding carboxylic acids is 1. The summed E-state index contributed by atoms with van der Waals surface area (Å²) in [5.41, 5.74) is 0.807. The lowest BCUT2D eigenvalue weighted by Gasteiger charge is -2.04. The monoisotopic (exact) mass is 259 g/mol. The molecule has 3 N–H and O–H groups in total. The molecule has 0 saturated heterocycles. The topological polar surface area (TPSA) is 95.1 Å². The van der Waals surface area contributed by atoms with Crippen LogP contribution < -0.4 is 5.32 Å². The number of nitrogens with zero attached hydrogens (tertiary/aromatic N) is 1. The van der Waals surface area contributed by atoms with Crippen LogP contribution in [0.2, 0.25) is 0 Å². The average molecular weight is 259 g/mol. The molecule has 1 heterocycles. The number of amides is 1. The Kier molecular flexibility index (Phi) is 3.92. The molecule has 98 valence electrons. The van der Waals surface area contributed by atoms with Gasteiger partial charge in [0, 0.05) is 6.54 Å². The number of hydrogen-bond donors (Lipinski definition) is 3. The van der Waals surface area contributed by atoms with Gasteiger partial charge in [-0.2, -0.15) is 0 Å². The van der Waals surface area contributed by atoms with Crippen molar-refractivity contribution >= 4 is 11.9 Å². The first-order valence-corrected chi connectivity index (χ1v) is 5.77. The number of rotatable bonds is 5. The van der Waals surface area contributed by atoms with Gasteiger partial charge in [0.25, 0.3) is 5.91 Å². The molecule has 6 heteroatoms. The summed E-state index contributed by atoms with van der Waals surface area (Å²) in [6, 6.07) is 9.69. The number of carboxylic acids is 1. The summed E-state index contributed by atoms with van der Waals surface area (Å²) in [6.45, 7) is 0.425. The van der Waals surface area contributed by atoms with E-state index in [0.717, 1.165) is 5.56 Å². The maximum absolute atomic E-state index is 11.8. The summed E-state index contributed by atoms with van der Waals surface area (Å²) in [7, 11) is 0. The molecule has 0 fully saturated rings. The highest BCUT2D eigenvalue weighted by atomic mass is 16.4. The number of aromatic carboxylic acids is 1. The van der Waals surface area contributed by atoms with E-state index >= 15 is 0 Å². The lowest BCUT2D eigenvalue weighted by Crippen LogP contribution is -2.27. The molecule has 0 saturated carbocycles. The fourth-order valence-electron chi connectivity index (χ4n) is 1.68. The second-order valence-electron chi connectivity index (χ2n) is 3.92. The van der Waals surface area contributed by atoms with Crippen LogP contribution in [0.15, 0.2) is 36.7 Å². The van der Waals surface area contributed by atoms with Crippen LogP contribution in [0, 0.1) is 0 Å². The second-order valence-corrected chi connectivity index (χ2v) is 3.92. The van der Waals surface area contributed by atoms with Crippen molar-refractivity contribution in [3.05, 3.63) is 53.6 Å². The maximum atomic E-state index is 11.8. The van der Waals surface area contributed by atoms with Crippen molar-refractivity contribution in [2.75, 3.05) is 6.54 Å². The zero-order chi connectivity index (χ0) is 13.7. The summed E-state index contributed by atoms with van der Waals surface area (Å²) in [6.07, 6.45) is 1.87. The van der Waals surface area contributed by atoms with Gasteiger partial charge in [-0.15, -0.1) is 0 Å². The second kappa shape index (κ2) is 5.81. The van der Waals surface area contributed by atoms with Gasteiger partial charge in [0.2, 0.25) is 0 Å². The molecule has 19 heavy (non-hydrogen) atoms. The summed E-state index contributed by atoms with van der Waals surface area (Å²) in [4.78, 5) is 28.7. The molecule has 6 nitrogen and oxygen atoms in total. The Bertz CT molecular complexity index is 578. The van der Waals surface area contributed by atoms with Crippen molar-refractivity contribution in [1.82, 2.24) is 15.3 Å². The Labute approximate surface area is 109 Å². The summed E-state index contributed by atoms with van der Waals surface area (Å²) in [5.74, 6) is -1.69. The van der Waals surface area contributed by atoms with Crippen LogP contribution in [0.3, 0.4) is 0 Å². The largest absolute Gasteiger partial charge is 0.477 e. The lowest BCUT2D eigenvalue weighted by atomic mass is 10.1. The minimum Gasteiger partial charge on any atom is -0.477 e. The minimum absolute atomic E-state index is 0.0967. The minimum atomic E-state index is -1.20. The molecular weight excluding hydrogens is 246 g/mol. The van der Waals surface area contributed by atoms with Gasteiger partial charge in [0.1, 0.15) is 0 Å². The molecule has 0 aliphatic carbocycles. The van der Waals surface area contributed by atoms with Crippen molar-refractivity contribution in [3.8, 4) is 0 Å². The number of benzene rings is 1. The van der Waals surface area contributed by atoms with Crippen molar-refractivity contribution in [3.63, 3.8) is 0 Å². The van der Waals surface area contributed by atoms with E-state index < -0.39 is 11.9 Å². The molecule has 0 radical (unpaired) electrons. The van der Waals surface area contributed by atoms with Crippen LogP contribution >= 0.6 is 0 Å². The SMILES string of the molecule is O=C(NCCc1ccccc1)c1nc[nH]c1C(=O)O. The first kappa shape index (κ1) is 12.8. The molecule has 0 atom stereocenters. The Morgan fingerprint density at radius 3 is 2.68 bits per heavy atom. The van der Waals surface area contributed by atoms with E-state index in [9.17, 15) is 9.59 Å². The van der Waals surface area contributed by atoms with Crippen molar-refractivity contribution < 1.29 is 14.7 Å². The van der Waals surface area contributed by atoms with Gasteiger partial charge >= 0.3 is 5.97 Å². The molecular formula is C13H13N3O3. The Morgan fingerprint density at radius 2 is 2.00 bits per heavy atom. The average Bonchev–Trinajstić information content (AvgIpc) is 2.89. The zero-order valence-electron chi connectivity index (χ0n) is 10.1. The Balaban J connectivity index is 1.91. The van der Waals surface area contributed by atoms with Gasteiger partial charge in [0.15, 0.2) is 11.4 Å². The van der Waals surface area contributed by atoms with Crippen molar-refractivity contribution in [2.24, 2.45) is 0 Å². The quantitative estimate of drug-likeness (QED) is 0.748. The molecule has 2 aromatic rings. The van der Waals surface area contributed by atoms with Gasteiger partial charge in [-0.1, -0.05) is 30.3 Å². The molecule has 2 rings (SSSR count). The van der Waals surface area contributed by atoms with Gasteiger partial charge < -0.3 is 15.4 Å². The molecule has 1 aromatic carbocycles. The fraction of sp³-hybridized carbons (Fsp3) is 0.154. The van der Waals surface area contributed by atoms with E-state index in [0.29, 0.717) is 13.0 Å². The molecule has 1 amide bonds. The van der Waals surface area contributed by atoms with Gasteiger partial charge in [-0.25, -0.2) is 9.78 Å². The number of hydrogen-bond acceptors (Lipinski definition) is 3. The van der Waals surface area contributed by atoms with Crippen LogP contribution in [-0.2, 0) is 6.42 Å². The van der Waals surface area contributed by atoms with Crippen LogP contribution in [0.4, 0.5) is 0 Å². The summed E-state index contributed by atoms with van der Waals surface area (Å²) < 4.78 is 0. The number of aromatic nitrogens is 2. The van der Waals surface area contributed by atoms with Gasteiger partial charge in [-0.3, -0.25) is 4.79 Å². The highest BCUT2D eigenvalue weighted by Crippen LogP contribution is 2.03. The highest BCUT2D eigenvalue weighted by Gasteiger charge is 2.18. The molecule has 0 aliphatic rings. The molecule has 1 aromatic heterocycles. The standard InChI is InChI=1S/C13H13N3O3/c17-12(10-11(13(18)19)16-8-15-10)14-7-6-9-4-2-1-3-5-9/h1-5,8H,6-7H2,(H,14,17)(H,15,16)(H,18,19). The fourth-order valence-corrected chi connectivity index (χ4v) is 1.68. The molecule has 0 spiro atoms. The van der Waals surface area contributed by atoms with Crippen LogP contribution in [0.25, 0.3) is 0 Å². The van der Waals surface area contributed by atoms with Crippen molar-refractivity contribution in [1.29, 1.82) is 0 Å². The molecule has 0 aliphatic heterocycles. The Hall–Kier alpha value is -2.63. The van der Waals surface area contributed by atoms with E-state index in [2.05, 4.69) is 15.3 Å². The first-order chi connectivity index (χ1) is 9.18. The van der Waals surface area contributed by atoms with Gasteiger partial charge in [0.05, 0.1) is 6.33 Å². The smallest absolute Gasteiger partial charge is 0.354 e. The number of aromatic amines is 1. The molecule has 0 bridgehead atoms. The third kappa shape index (κ3) is 3.19. The van der Waals surface area contributed by atoms with E-state index in [4.69, 9.17) is 5.11 Å². The van der Waals surface area contributed by atoms with E-state index in [1.807, 2.05) is 30.3 Å². The van der Waals surface area contributed by atoms with E-state index in [-0.39, 0.29) is 11.4 Å². The van der Waals surface area contributed by atoms with Gasteiger partial charge in [-0.05, 0) is 12.0 Å². The van der Waals surface area contributed by atoms with E-state index in [1.165, 1.54) is 6.33 Å². The number of nitrogens with one attached hydrogen (secondary N) is 2. The van der Waals surface area contributed by atoms with E-state index in [1.54, 1.807) is 0 Å². The summed E-state index contributed by atoms with van der Waals surface area (Å²) in [5, 5.41) is 11.5. The molecule has 0 unspecified atom stereocenters. The zero-order valence-corrected chi connectivity index (χ0v) is 10.1. The third-order valence-electron chi connectivity index (χ3n) is 2.61. The highest BCUT2D eigenvalue weighted by molar-refractivity contribution is 6.02. The van der Waals surface area contributed by atoms with Crippen molar-refractivity contribution in [2.45, 2.75) is 6.42 Å². The number of carboxylic acid groups (broad SMARTS) is 1. The number of H-pyrrole nitrogens is 1. The van der Waals surface area contributed by atoms with Crippen LogP contribution in [0.5, 0.6) is 0 Å². The van der Waals surface area contributed by atoms with Crippen LogP contribution in [-0.4, -0.2) is 33.5 Å².